The summed E-state index contributed by atoms with van der Waals surface area (Å²) < 4.78 is 6.85. The van der Waals surface area contributed by atoms with Crippen molar-refractivity contribution >= 4 is 8.32 Å². The van der Waals surface area contributed by atoms with Crippen molar-refractivity contribution in [3.8, 4) is 0 Å². The second-order valence-electron chi connectivity index (χ2n) is 12.5. The summed E-state index contributed by atoms with van der Waals surface area (Å²) >= 11 is 0. The van der Waals surface area contributed by atoms with Crippen molar-refractivity contribution in [1.82, 2.24) is 0 Å². The monoisotopic (exact) mass is 416 g/mol. The standard InChI is InChI=1S/C27H48OSi/c1-7-9-18-29(5,6)28-22-14-16-27(4)21(19-22)10-12-23-24-13-11-20(8-2)26(24,3)17-15-25(23)27/h8,20-25H,2,7,9-19H2,1,3-6H3/t20-,21?,22?,23-,24-,25-,26+,27-/m0/s1. The first-order chi connectivity index (χ1) is 13.7. The minimum Gasteiger partial charge on any atom is -0.414 e. The van der Waals surface area contributed by atoms with E-state index in [2.05, 4.69) is 46.5 Å². The van der Waals surface area contributed by atoms with E-state index in [1.165, 1.54) is 76.7 Å². The van der Waals surface area contributed by atoms with Gasteiger partial charge in [0.1, 0.15) is 0 Å². The van der Waals surface area contributed by atoms with E-state index in [1.54, 1.807) is 0 Å². The number of hydrogen-bond donors (Lipinski definition) is 0. The van der Waals surface area contributed by atoms with Crippen LogP contribution in [0, 0.1) is 40.4 Å². The highest BCUT2D eigenvalue weighted by molar-refractivity contribution is 6.71. The Morgan fingerprint density at radius 1 is 0.966 bits per heavy atom. The van der Waals surface area contributed by atoms with Crippen LogP contribution in [0.1, 0.15) is 91.4 Å². The predicted molar refractivity (Wildman–Crippen MR) is 127 cm³/mol. The third-order valence-electron chi connectivity index (χ3n) is 10.6. The maximum atomic E-state index is 6.85. The third kappa shape index (κ3) is 3.84. The topological polar surface area (TPSA) is 9.23 Å². The van der Waals surface area contributed by atoms with E-state index in [4.69, 9.17) is 4.43 Å². The van der Waals surface area contributed by atoms with Gasteiger partial charge in [0.05, 0.1) is 0 Å². The van der Waals surface area contributed by atoms with Gasteiger partial charge in [-0.3, -0.25) is 0 Å². The minimum absolute atomic E-state index is 0.557. The van der Waals surface area contributed by atoms with Crippen LogP contribution in [0.5, 0.6) is 0 Å². The predicted octanol–water partition coefficient (Wildman–Crippen LogP) is 8.22. The summed E-state index contributed by atoms with van der Waals surface area (Å²) in [6, 6.07) is 1.34. The van der Waals surface area contributed by atoms with Crippen molar-refractivity contribution in [1.29, 1.82) is 0 Å². The van der Waals surface area contributed by atoms with Crippen molar-refractivity contribution in [3.63, 3.8) is 0 Å². The third-order valence-corrected chi connectivity index (χ3v) is 13.1. The molecule has 2 unspecified atom stereocenters. The number of hydrogen-bond acceptors (Lipinski definition) is 1. The summed E-state index contributed by atoms with van der Waals surface area (Å²) in [7, 11) is -1.48. The molecule has 4 saturated carbocycles. The van der Waals surface area contributed by atoms with Crippen LogP contribution in [-0.4, -0.2) is 14.4 Å². The Balaban J connectivity index is 1.44. The maximum absolute atomic E-state index is 6.85. The molecule has 1 nitrogen and oxygen atoms in total. The summed E-state index contributed by atoms with van der Waals surface area (Å²) in [5.41, 5.74) is 1.15. The Hall–Kier alpha value is -0.0831. The van der Waals surface area contributed by atoms with Gasteiger partial charge in [0.2, 0.25) is 0 Å². The minimum atomic E-state index is -1.48. The quantitative estimate of drug-likeness (QED) is 0.313. The molecule has 0 amide bonds. The lowest BCUT2D eigenvalue weighted by molar-refractivity contribution is -0.122. The second-order valence-corrected chi connectivity index (χ2v) is 16.8. The highest BCUT2D eigenvalue weighted by Gasteiger charge is 2.59. The average Bonchev–Trinajstić information content (AvgIpc) is 3.03. The van der Waals surface area contributed by atoms with Crippen LogP contribution in [0.3, 0.4) is 0 Å². The second kappa shape index (κ2) is 8.12. The molecular formula is C27H48OSi. The molecule has 2 heteroatoms. The van der Waals surface area contributed by atoms with Crippen molar-refractivity contribution in [3.05, 3.63) is 12.7 Å². The van der Waals surface area contributed by atoms with Gasteiger partial charge in [-0.1, -0.05) is 39.7 Å². The van der Waals surface area contributed by atoms with Crippen molar-refractivity contribution in [2.45, 2.75) is 117 Å². The van der Waals surface area contributed by atoms with Crippen LogP contribution < -0.4 is 0 Å². The lowest BCUT2D eigenvalue weighted by Crippen LogP contribution is -2.54. The molecule has 0 heterocycles. The smallest absolute Gasteiger partial charge is 0.187 e. The first-order valence-corrected chi connectivity index (χ1v) is 16.2. The summed E-state index contributed by atoms with van der Waals surface area (Å²) in [5.74, 6) is 4.64. The van der Waals surface area contributed by atoms with Gasteiger partial charge < -0.3 is 4.43 Å². The Kier molecular flexibility index (Phi) is 6.19. The number of rotatable bonds is 6. The Bertz CT molecular complexity index is 599. The van der Waals surface area contributed by atoms with Gasteiger partial charge in [0.15, 0.2) is 8.32 Å². The van der Waals surface area contributed by atoms with Crippen molar-refractivity contribution in [2.24, 2.45) is 40.4 Å². The summed E-state index contributed by atoms with van der Waals surface area (Å²) in [4.78, 5) is 0. The molecule has 0 aromatic rings. The highest BCUT2D eigenvalue weighted by Crippen LogP contribution is 2.67. The molecule has 0 bridgehead atoms. The maximum Gasteiger partial charge on any atom is 0.187 e. The van der Waals surface area contributed by atoms with E-state index in [1.807, 2.05) is 0 Å². The molecule has 0 spiro atoms. The SMILES string of the molecule is C=C[C@H]1CC[C@H]2[C@@H]3CCC4CC(O[Si](C)(C)CCCC)CC[C@]4(C)[C@H]3CC[C@]12C. The molecule has 0 saturated heterocycles. The fourth-order valence-corrected chi connectivity index (χ4v) is 11.3. The molecular weight excluding hydrogens is 368 g/mol. The van der Waals surface area contributed by atoms with Crippen molar-refractivity contribution < 1.29 is 4.43 Å². The van der Waals surface area contributed by atoms with Crippen LogP contribution in [0.2, 0.25) is 19.1 Å². The average molecular weight is 417 g/mol. The van der Waals surface area contributed by atoms with Gasteiger partial charge in [0, 0.05) is 6.10 Å². The van der Waals surface area contributed by atoms with Crippen LogP contribution >= 0.6 is 0 Å². The van der Waals surface area contributed by atoms with E-state index in [-0.39, 0.29) is 0 Å². The Morgan fingerprint density at radius 3 is 2.41 bits per heavy atom. The van der Waals surface area contributed by atoms with Crippen molar-refractivity contribution in [2.75, 3.05) is 0 Å². The first-order valence-electron chi connectivity index (χ1n) is 13.0. The Labute approximate surface area is 182 Å². The number of unbranched alkanes of at least 4 members (excludes halogenated alkanes) is 1. The Morgan fingerprint density at radius 2 is 1.69 bits per heavy atom. The molecule has 0 N–H and O–H groups in total. The largest absolute Gasteiger partial charge is 0.414 e. The van der Waals surface area contributed by atoms with E-state index in [0.717, 1.165) is 29.6 Å². The zero-order chi connectivity index (χ0) is 20.9. The van der Waals surface area contributed by atoms with Gasteiger partial charge in [-0.15, -0.1) is 6.58 Å². The van der Waals surface area contributed by atoms with Gasteiger partial charge in [-0.2, -0.15) is 0 Å². The normalized spacial score (nSPS) is 47.2. The molecule has 0 radical (unpaired) electrons. The van der Waals surface area contributed by atoms with Crippen LogP contribution in [0.15, 0.2) is 12.7 Å². The zero-order valence-electron chi connectivity index (χ0n) is 20.1. The molecule has 4 fully saturated rings. The van der Waals surface area contributed by atoms with Gasteiger partial charge in [0.25, 0.3) is 0 Å². The fraction of sp³-hybridized carbons (Fsp3) is 0.926. The molecule has 4 aliphatic carbocycles. The molecule has 166 valence electrons. The van der Waals surface area contributed by atoms with Gasteiger partial charge in [-0.25, -0.2) is 0 Å². The van der Waals surface area contributed by atoms with Crippen LogP contribution in [0.4, 0.5) is 0 Å². The molecule has 8 atom stereocenters. The summed E-state index contributed by atoms with van der Waals surface area (Å²) in [6.07, 6.45) is 18.4. The van der Waals surface area contributed by atoms with Gasteiger partial charge in [-0.05, 0) is 117 Å². The van der Waals surface area contributed by atoms with E-state index < -0.39 is 8.32 Å². The summed E-state index contributed by atoms with van der Waals surface area (Å²) in [5, 5.41) is 0. The van der Waals surface area contributed by atoms with E-state index >= 15 is 0 Å². The number of allylic oxidation sites excluding steroid dienone is 1. The summed E-state index contributed by atoms with van der Waals surface area (Å²) in [6.45, 7) is 16.8. The molecule has 29 heavy (non-hydrogen) atoms. The van der Waals surface area contributed by atoms with E-state index in [9.17, 15) is 0 Å². The highest BCUT2D eigenvalue weighted by atomic mass is 28.4. The van der Waals surface area contributed by atoms with Crippen LogP contribution in [0.25, 0.3) is 0 Å². The molecule has 0 aromatic carbocycles. The lowest BCUT2D eigenvalue weighted by Gasteiger charge is -2.61. The fourth-order valence-electron chi connectivity index (χ4n) is 8.87. The molecule has 0 aromatic heterocycles. The molecule has 4 rings (SSSR count). The van der Waals surface area contributed by atoms with Gasteiger partial charge >= 0.3 is 0 Å². The van der Waals surface area contributed by atoms with Crippen LogP contribution in [-0.2, 0) is 4.43 Å². The van der Waals surface area contributed by atoms with E-state index in [0.29, 0.717) is 16.9 Å². The zero-order valence-corrected chi connectivity index (χ0v) is 21.1. The molecule has 4 aliphatic rings. The number of fused-ring (bicyclic) bond motifs is 5. The lowest BCUT2D eigenvalue weighted by atomic mass is 9.44. The molecule has 0 aliphatic heterocycles. The first kappa shape index (κ1) is 22.1.